The Balaban J connectivity index is 3.89. The highest BCUT2D eigenvalue weighted by atomic mass is 31.1. The Hall–Kier alpha value is -1.89. The van der Waals surface area contributed by atoms with Crippen molar-refractivity contribution in [3.8, 4) is 0 Å². The third-order valence-electron chi connectivity index (χ3n) is 1.48. The van der Waals surface area contributed by atoms with Gasteiger partial charge in [0.25, 0.3) is 0 Å². The zero-order valence-electron chi connectivity index (χ0n) is 9.08. The topological polar surface area (TPSA) is 144 Å². The van der Waals surface area contributed by atoms with Crippen molar-refractivity contribution in [1.29, 1.82) is 0 Å². The molecule has 0 aromatic carbocycles. The van der Waals surface area contributed by atoms with Gasteiger partial charge in [0, 0.05) is 0 Å². The molecule has 0 unspecified atom stereocenters. The van der Waals surface area contributed by atoms with Crippen molar-refractivity contribution in [3.05, 3.63) is 0 Å². The SMILES string of the molecule is O=C(O)CCC(=O)O[PH](=O)OC(=O)CCC(=O)O. The highest BCUT2D eigenvalue weighted by Crippen LogP contribution is 2.25. The molecule has 0 aliphatic heterocycles. The van der Waals surface area contributed by atoms with Crippen LogP contribution in [0.25, 0.3) is 0 Å². The highest BCUT2D eigenvalue weighted by Gasteiger charge is 2.15. The molecule has 0 saturated carbocycles. The van der Waals surface area contributed by atoms with Gasteiger partial charge in [0.2, 0.25) is 0 Å². The quantitative estimate of drug-likeness (QED) is 0.596. The molecule has 0 amide bonds. The van der Waals surface area contributed by atoms with Crippen LogP contribution in [0.5, 0.6) is 0 Å². The van der Waals surface area contributed by atoms with Gasteiger partial charge in [0.15, 0.2) is 0 Å². The second kappa shape index (κ2) is 8.24. The Kier molecular flexibility index (Phi) is 7.37. The third kappa shape index (κ3) is 9.34. The van der Waals surface area contributed by atoms with Gasteiger partial charge in [0.1, 0.15) is 0 Å². The molecule has 2 N–H and O–H groups in total. The summed E-state index contributed by atoms with van der Waals surface area (Å²) >= 11 is 0. The molecule has 0 heterocycles. The van der Waals surface area contributed by atoms with Crippen LogP contribution in [0.4, 0.5) is 0 Å². The van der Waals surface area contributed by atoms with Crippen LogP contribution in [-0.4, -0.2) is 34.1 Å². The molecule has 0 rings (SSSR count). The minimum Gasteiger partial charge on any atom is -0.481 e. The van der Waals surface area contributed by atoms with E-state index in [4.69, 9.17) is 10.2 Å². The first kappa shape index (κ1) is 16.1. The van der Waals surface area contributed by atoms with Gasteiger partial charge in [-0.2, -0.15) is 0 Å². The largest absolute Gasteiger partial charge is 0.481 e. The summed E-state index contributed by atoms with van der Waals surface area (Å²) in [4.78, 5) is 41.9. The maximum atomic E-state index is 11.0. The summed E-state index contributed by atoms with van der Waals surface area (Å²) in [6, 6.07) is 0. The first-order valence-electron chi connectivity index (χ1n) is 4.70. The lowest BCUT2D eigenvalue weighted by Crippen LogP contribution is -2.07. The Morgan fingerprint density at radius 2 is 1.11 bits per heavy atom. The number of carboxylic acid groups (broad SMARTS) is 2. The molecule has 9 nitrogen and oxygen atoms in total. The molecule has 0 fully saturated rings. The summed E-state index contributed by atoms with van der Waals surface area (Å²) in [7, 11) is -3.42. The maximum absolute atomic E-state index is 11.0. The maximum Gasteiger partial charge on any atom is 0.423 e. The van der Waals surface area contributed by atoms with Gasteiger partial charge in [-0.05, 0) is 0 Å². The van der Waals surface area contributed by atoms with Crippen molar-refractivity contribution in [3.63, 3.8) is 0 Å². The van der Waals surface area contributed by atoms with Gasteiger partial charge in [-0.15, -0.1) is 0 Å². The van der Waals surface area contributed by atoms with Crippen LogP contribution in [0.3, 0.4) is 0 Å². The first-order chi connectivity index (χ1) is 8.31. The average Bonchev–Trinajstić information content (AvgIpc) is 2.23. The number of aliphatic carboxylic acids is 2. The molecule has 0 aliphatic rings. The lowest BCUT2D eigenvalue weighted by Gasteiger charge is -2.04. The second-order valence-electron chi connectivity index (χ2n) is 2.99. The minimum atomic E-state index is -3.42. The molecule has 0 aromatic rings. The summed E-state index contributed by atoms with van der Waals surface area (Å²) in [6.07, 6.45) is -2.00. The predicted octanol–water partition coefficient (Wildman–Crippen LogP) is 0.192. The van der Waals surface area contributed by atoms with E-state index in [0.717, 1.165) is 0 Å². The van der Waals surface area contributed by atoms with Crippen molar-refractivity contribution in [2.75, 3.05) is 0 Å². The number of carbonyl (C=O) groups is 4. The molecular formula is C8H11O9P. The van der Waals surface area contributed by atoms with Crippen molar-refractivity contribution in [2.45, 2.75) is 25.7 Å². The molecule has 0 aliphatic carbocycles. The number of hydrogen-bond acceptors (Lipinski definition) is 7. The van der Waals surface area contributed by atoms with Crippen LogP contribution < -0.4 is 0 Å². The number of carbonyl (C=O) groups excluding carboxylic acids is 2. The van der Waals surface area contributed by atoms with Gasteiger partial charge in [-0.1, -0.05) is 0 Å². The van der Waals surface area contributed by atoms with E-state index in [1.807, 2.05) is 0 Å². The van der Waals surface area contributed by atoms with Crippen molar-refractivity contribution >= 4 is 32.1 Å². The highest BCUT2D eigenvalue weighted by molar-refractivity contribution is 7.34. The Morgan fingerprint density at radius 3 is 1.39 bits per heavy atom. The normalized spacial score (nSPS) is 9.83. The molecular weight excluding hydrogens is 271 g/mol. The van der Waals surface area contributed by atoms with E-state index in [-0.39, 0.29) is 0 Å². The number of rotatable bonds is 8. The Bertz CT molecular complexity index is 341. The van der Waals surface area contributed by atoms with Gasteiger partial charge >= 0.3 is 32.1 Å². The van der Waals surface area contributed by atoms with Crippen molar-refractivity contribution in [1.82, 2.24) is 0 Å². The van der Waals surface area contributed by atoms with E-state index in [2.05, 4.69) is 9.05 Å². The van der Waals surface area contributed by atoms with Crippen LogP contribution in [-0.2, 0) is 32.8 Å². The fraction of sp³-hybridized carbons (Fsp3) is 0.500. The van der Waals surface area contributed by atoms with E-state index in [0.29, 0.717) is 0 Å². The lowest BCUT2D eigenvalue weighted by molar-refractivity contribution is -0.144. The van der Waals surface area contributed by atoms with E-state index < -0.39 is 57.8 Å². The first-order valence-corrected chi connectivity index (χ1v) is 5.92. The molecule has 0 radical (unpaired) electrons. The average molecular weight is 282 g/mol. The fourth-order valence-corrected chi connectivity index (χ4v) is 1.34. The molecule has 18 heavy (non-hydrogen) atoms. The molecule has 0 saturated heterocycles. The molecule has 0 spiro atoms. The van der Waals surface area contributed by atoms with E-state index in [9.17, 15) is 23.7 Å². The van der Waals surface area contributed by atoms with Crippen molar-refractivity contribution < 1.29 is 43.0 Å². The van der Waals surface area contributed by atoms with Crippen LogP contribution in [0.15, 0.2) is 0 Å². The number of carboxylic acids is 2. The van der Waals surface area contributed by atoms with Gasteiger partial charge in [-0.25, -0.2) is 4.57 Å². The smallest absolute Gasteiger partial charge is 0.423 e. The summed E-state index contributed by atoms with van der Waals surface area (Å²) in [5.74, 6) is -4.62. The molecule has 0 bridgehead atoms. The van der Waals surface area contributed by atoms with Gasteiger partial charge < -0.3 is 19.3 Å². The second-order valence-corrected chi connectivity index (χ2v) is 3.89. The zero-order chi connectivity index (χ0) is 14.1. The van der Waals surface area contributed by atoms with Crippen LogP contribution in [0, 0.1) is 0 Å². The molecule has 102 valence electrons. The Morgan fingerprint density at radius 1 is 0.778 bits per heavy atom. The monoisotopic (exact) mass is 282 g/mol. The summed E-state index contributed by atoms with van der Waals surface area (Å²) in [6.45, 7) is 0. The summed E-state index contributed by atoms with van der Waals surface area (Å²) < 4.78 is 19.2. The standard InChI is InChI=1S/C8H11O9P/c9-5(10)1-3-7(13)16-18(15)17-8(14)4-2-6(11)12/h18H,1-4H2,(H,9,10)(H,11,12). The predicted molar refractivity (Wildman–Crippen MR) is 54.9 cm³/mol. The van der Waals surface area contributed by atoms with Gasteiger partial charge in [0.05, 0.1) is 25.7 Å². The molecule has 10 heteroatoms. The van der Waals surface area contributed by atoms with Gasteiger partial charge in [-0.3, -0.25) is 19.2 Å². The van der Waals surface area contributed by atoms with Crippen LogP contribution in [0.2, 0.25) is 0 Å². The third-order valence-corrected chi connectivity index (χ3v) is 2.27. The van der Waals surface area contributed by atoms with E-state index >= 15 is 0 Å². The molecule has 0 atom stereocenters. The summed E-state index contributed by atoms with van der Waals surface area (Å²) in [5, 5.41) is 16.5. The zero-order valence-corrected chi connectivity index (χ0v) is 10.1. The fourth-order valence-electron chi connectivity index (χ4n) is 0.727. The van der Waals surface area contributed by atoms with E-state index in [1.165, 1.54) is 0 Å². The van der Waals surface area contributed by atoms with E-state index in [1.54, 1.807) is 0 Å². The molecule has 0 aromatic heterocycles. The number of hydrogen-bond donors (Lipinski definition) is 2. The minimum absolute atomic E-state index is 0.499. The van der Waals surface area contributed by atoms with Crippen molar-refractivity contribution in [2.24, 2.45) is 0 Å². The van der Waals surface area contributed by atoms with Crippen LogP contribution >= 0.6 is 8.25 Å². The lowest BCUT2D eigenvalue weighted by atomic mass is 10.3. The van der Waals surface area contributed by atoms with Crippen LogP contribution in [0.1, 0.15) is 25.7 Å². The summed E-state index contributed by atoms with van der Waals surface area (Å²) in [5.41, 5.74) is 0. The Labute approximate surface area is 102 Å².